The first kappa shape index (κ1) is 15.9. The van der Waals surface area contributed by atoms with Gasteiger partial charge in [-0.2, -0.15) is 0 Å². The van der Waals surface area contributed by atoms with E-state index in [1.807, 2.05) is 48.0 Å². The number of halogens is 1. The van der Waals surface area contributed by atoms with Gasteiger partial charge in [-0.3, -0.25) is 0 Å². The lowest BCUT2D eigenvalue weighted by Gasteiger charge is -2.07. The zero-order valence-corrected chi connectivity index (χ0v) is 14.2. The summed E-state index contributed by atoms with van der Waals surface area (Å²) in [5, 5.41) is 0.969. The summed E-state index contributed by atoms with van der Waals surface area (Å²) in [4.78, 5) is 3.56. The van der Waals surface area contributed by atoms with E-state index in [1.165, 1.54) is 12.1 Å². The number of aromatic nitrogens is 1. The van der Waals surface area contributed by atoms with Crippen LogP contribution in [-0.4, -0.2) is 4.57 Å². The molecule has 0 saturated carbocycles. The second-order valence-corrected chi connectivity index (χ2v) is 6.22. The van der Waals surface area contributed by atoms with Crippen molar-refractivity contribution in [2.75, 3.05) is 5.73 Å². The first-order valence-corrected chi connectivity index (χ1v) is 8.22. The van der Waals surface area contributed by atoms with Crippen LogP contribution in [0.4, 0.5) is 15.8 Å². The molecule has 0 unspecified atom stereocenters. The SMILES string of the molecule is [C-]#[N+]c1ccc2c(c1)c(-c1cccc(N)c1C)cn2-c1ccc(F)cc1. The lowest BCUT2D eigenvalue weighted by atomic mass is 9.99. The topological polar surface area (TPSA) is 35.3 Å². The third-order valence-corrected chi connectivity index (χ3v) is 4.69. The van der Waals surface area contributed by atoms with E-state index in [4.69, 9.17) is 12.3 Å². The zero-order valence-electron chi connectivity index (χ0n) is 14.2. The molecule has 0 bridgehead atoms. The molecule has 3 nitrogen and oxygen atoms in total. The Kier molecular flexibility index (Phi) is 3.70. The first-order chi connectivity index (χ1) is 12.6. The molecule has 0 aliphatic carbocycles. The highest BCUT2D eigenvalue weighted by atomic mass is 19.1. The summed E-state index contributed by atoms with van der Waals surface area (Å²) in [7, 11) is 0. The number of hydrogen-bond donors (Lipinski definition) is 1. The van der Waals surface area contributed by atoms with Gasteiger partial charge in [-0.05, 0) is 65.9 Å². The first-order valence-electron chi connectivity index (χ1n) is 8.22. The second-order valence-electron chi connectivity index (χ2n) is 6.22. The molecule has 0 fully saturated rings. The molecule has 4 aromatic rings. The van der Waals surface area contributed by atoms with Crippen LogP contribution in [0, 0.1) is 19.3 Å². The number of nitrogens with two attached hydrogens (primary N) is 1. The number of anilines is 1. The third-order valence-electron chi connectivity index (χ3n) is 4.69. The van der Waals surface area contributed by atoms with E-state index in [1.54, 1.807) is 18.2 Å². The van der Waals surface area contributed by atoms with Crippen molar-refractivity contribution in [3.63, 3.8) is 0 Å². The van der Waals surface area contributed by atoms with Crippen LogP contribution in [0.3, 0.4) is 0 Å². The van der Waals surface area contributed by atoms with Crippen LogP contribution in [0.1, 0.15) is 5.56 Å². The molecule has 1 heterocycles. The Morgan fingerprint density at radius 1 is 1.00 bits per heavy atom. The molecule has 4 rings (SSSR count). The maximum Gasteiger partial charge on any atom is 0.188 e. The molecule has 0 aliphatic heterocycles. The van der Waals surface area contributed by atoms with Crippen molar-refractivity contribution >= 4 is 22.3 Å². The van der Waals surface area contributed by atoms with Crippen molar-refractivity contribution in [2.45, 2.75) is 6.92 Å². The van der Waals surface area contributed by atoms with Gasteiger partial charge in [-0.25, -0.2) is 9.24 Å². The Labute approximate surface area is 150 Å². The quantitative estimate of drug-likeness (QED) is 0.359. The average Bonchev–Trinajstić information content (AvgIpc) is 3.03. The Morgan fingerprint density at radius 2 is 1.77 bits per heavy atom. The van der Waals surface area contributed by atoms with Crippen molar-refractivity contribution in [3.05, 3.63) is 89.7 Å². The molecule has 0 saturated heterocycles. The third kappa shape index (κ3) is 2.51. The minimum atomic E-state index is -0.271. The van der Waals surface area contributed by atoms with E-state index >= 15 is 0 Å². The van der Waals surface area contributed by atoms with Gasteiger partial charge in [0, 0.05) is 23.1 Å². The van der Waals surface area contributed by atoms with Crippen molar-refractivity contribution in [1.29, 1.82) is 0 Å². The van der Waals surface area contributed by atoms with Crippen LogP contribution < -0.4 is 5.73 Å². The highest BCUT2D eigenvalue weighted by Crippen LogP contribution is 2.37. The monoisotopic (exact) mass is 341 g/mol. The highest BCUT2D eigenvalue weighted by Gasteiger charge is 2.14. The molecule has 0 aliphatic rings. The molecule has 0 atom stereocenters. The van der Waals surface area contributed by atoms with Crippen LogP contribution in [0.15, 0.2) is 66.9 Å². The van der Waals surface area contributed by atoms with Gasteiger partial charge in [-0.15, -0.1) is 0 Å². The van der Waals surface area contributed by atoms with E-state index < -0.39 is 0 Å². The number of rotatable bonds is 2. The standard InChI is InChI=1S/C22H16FN3/c1-14-18(4-3-5-21(14)24)20-13-26(17-9-6-15(23)7-10-17)22-11-8-16(25-2)12-19(20)22/h3-13H,24H2,1H3. The average molecular weight is 341 g/mol. The molecule has 0 radical (unpaired) electrons. The smallest absolute Gasteiger partial charge is 0.188 e. The molecule has 1 aromatic heterocycles. The fourth-order valence-electron chi connectivity index (χ4n) is 3.26. The summed E-state index contributed by atoms with van der Waals surface area (Å²) >= 11 is 0. The Hall–Kier alpha value is -3.58. The number of nitrogens with zero attached hydrogens (tertiary/aromatic N) is 2. The van der Waals surface area contributed by atoms with Crippen molar-refractivity contribution < 1.29 is 4.39 Å². The molecule has 2 N–H and O–H groups in total. The summed E-state index contributed by atoms with van der Waals surface area (Å²) in [5.74, 6) is -0.271. The summed E-state index contributed by atoms with van der Waals surface area (Å²) in [5.41, 5.74) is 12.2. The fourth-order valence-corrected chi connectivity index (χ4v) is 3.26. The Morgan fingerprint density at radius 3 is 2.50 bits per heavy atom. The summed E-state index contributed by atoms with van der Waals surface area (Å²) in [6, 6.07) is 17.8. The van der Waals surface area contributed by atoms with Gasteiger partial charge in [0.05, 0.1) is 12.1 Å². The molecule has 0 amide bonds. The fraction of sp³-hybridized carbons (Fsp3) is 0.0455. The van der Waals surface area contributed by atoms with Crippen LogP contribution in [0.25, 0.3) is 32.6 Å². The normalized spacial score (nSPS) is 10.8. The maximum absolute atomic E-state index is 13.3. The Balaban J connectivity index is 2.05. The lowest BCUT2D eigenvalue weighted by Crippen LogP contribution is -1.92. The van der Waals surface area contributed by atoms with E-state index in [0.717, 1.165) is 39.0 Å². The molecule has 0 spiro atoms. The number of hydrogen-bond acceptors (Lipinski definition) is 1. The van der Waals surface area contributed by atoms with Crippen LogP contribution in [0.5, 0.6) is 0 Å². The largest absolute Gasteiger partial charge is 0.398 e. The second kappa shape index (κ2) is 6.05. The van der Waals surface area contributed by atoms with Crippen LogP contribution in [-0.2, 0) is 0 Å². The minimum Gasteiger partial charge on any atom is -0.398 e. The van der Waals surface area contributed by atoms with Gasteiger partial charge in [-0.1, -0.05) is 18.2 Å². The number of fused-ring (bicyclic) bond motifs is 1. The molecular weight excluding hydrogens is 325 g/mol. The number of benzene rings is 3. The maximum atomic E-state index is 13.3. The van der Waals surface area contributed by atoms with Gasteiger partial charge < -0.3 is 10.3 Å². The molecule has 4 heteroatoms. The lowest BCUT2D eigenvalue weighted by molar-refractivity contribution is 0.627. The Bertz CT molecular complexity index is 1160. The van der Waals surface area contributed by atoms with Crippen molar-refractivity contribution in [2.24, 2.45) is 0 Å². The van der Waals surface area contributed by atoms with Crippen LogP contribution >= 0.6 is 0 Å². The zero-order chi connectivity index (χ0) is 18.3. The van der Waals surface area contributed by atoms with Gasteiger partial charge >= 0.3 is 0 Å². The molecule has 26 heavy (non-hydrogen) atoms. The molecular formula is C22H16FN3. The van der Waals surface area contributed by atoms with Gasteiger partial charge in [0.1, 0.15) is 5.82 Å². The summed E-state index contributed by atoms with van der Waals surface area (Å²) in [6.07, 6.45) is 2.02. The van der Waals surface area contributed by atoms with Gasteiger partial charge in [0.2, 0.25) is 0 Å². The van der Waals surface area contributed by atoms with Crippen molar-refractivity contribution in [3.8, 4) is 16.8 Å². The molecule has 126 valence electrons. The van der Waals surface area contributed by atoms with E-state index in [2.05, 4.69) is 4.85 Å². The van der Waals surface area contributed by atoms with E-state index in [0.29, 0.717) is 5.69 Å². The number of nitrogen functional groups attached to an aromatic ring is 1. The van der Waals surface area contributed by atoms with E-state index in [9.17, 15) is 4.39 Å². The highest BCUT2D eigenvalue weighted by molar-refractivity contribution is 6.00. The minimum absolute atomic E-state index is 0.271. The van der Waals surface area contributed by atoms with Gasteiger partial charge in [0.25, 0.3) is 0 Å². The van der Waals surface area contributed by atoms with Crippen molar-refractivity contribution in [1.82, 2.24) is 4.57 Å². The van der Waals surface area contributed by atoms with Gasteiger partial charge in [0.15, 0.2) is 5.69 Å². The summed E-state index contributed by atoms with van der Waals surface area (Å²) < 4.78 is 15.3. The van der Waals surface area contributed by atoms with E-state index in [-0.39, 0.29) is 5.82 Å². The molecule has 3 aromatic carbocycles. The predicted octanol–water partition coefficient (Wildman–Crippen LogP) is 5.88. The summed E-state index contributed by atoms with van der Waals surface area (Å²) in [6.45, 7) is 9.31. The predicted molar refractivity (Wildman–Crippen MR) is 104 cm³/mol. The van der Waals surface area contributed by atoms with Crippen LogP contribution in [0.2, 0.25) is 0 Å².